The van der Waals surface area contributed by atoms with Crippen molar-refractivity contribution in [3.63, 3.8) is 0 Å². The van der Waals surface area contributed by atoms with E-state index >= 15 is 0 Å². The summed E-state index contributed by atoms with van der Waals surface area (Å²) in [7, 11) is 1.75. The van der Waals surface area contributed by atoms with E-state index in [1.807, 2.05) is 41.4 Å². The summed E-state index contributed by atoms with van der Waals surface area (Å²) in [6, 6.07) is 10.1. The average molecular weight is 408 g/mol. The van der Waals surface area contributed by atoms with Gasteiger partial charge in [0.15, 0.2) is 5.82 Å². The molecule has 1 atom stereocenters. The molecule has 5 rings (SSSR count). The molecule has 6 nitrogen and oxygen atoms in total. The Kier molecular flexibility index (Phi) is 4.39. The van der Waals surface area contributed by atoms with Crippen molar-refractivity contribution in [2.24, 2.45) is 7.05 Å². The van der Waals surface area contributed by atoms with Gasteiger partial charge in [0.05, 0.1) is 16.9 Å². The zero-order valence-corrected chi connectivity index (χ0v) is 17.1. The molecule has 1 saturated heterocycles. The molecule has 1 fully saturated rings. The summed E-state index contributed by atoms with van der Waals surface area (Å²) >= 11 is 6.23. The number of piperidine rings is 1. The second-order valence-electron chi connectivity index (χ2n) is 8.01. The molecule has 1 amide bonds. The second-order valence-corrected chi connectivity index (χ2v) is 8.42. The van der Waals surface area contributed by atoms with Crippen LogP contribution in [0.15, 0.2) is 42.7 Å². The number of aromatic nitrogens is 4. The first kappa shape index (κ1) is 18.3. The Balaban J connectivity index is 1.49. The van der Waals surface area contributed by atoms with Crippen LogP contribution in [0.25, 0.3) is 11.4 Å². The van der Waals surface area contributed by atoms with Gasteiger partial charge in [-0.3, -0.25) is 9.48 Å². The van der Waals surface area contributed by atoms with E-state index in [0.29, 0.717) is 17.3 Å². The van der Waals surface area contributed by atoms with Crippen molar-refractivity contribution >= 4 is 17.5 Å². The number of rotatable bonds is 2. The van der Waals surface area contributed by atoms with Crippen LogP contribution in [0.3, 0.4) is 0 Å². The minimum absolute atomic E-state index is 0.0557. The molecule has 0 N–H and O–H groups in total. The fraction of sp³-hybridized carbons (Fsp3) is 0.364. The number of fused-ring (bicyclic) bond motifs is 2. The summed E-state index contributed by atoms with van der Waals surface area (Å²) in [4.78, 5) is 24.7. The number of hydrogen-bond acceptors (Lipinski definition) is 4. The summed E-state index contributed by atoms with van der Waals surface area (Å²) in [5.74, 6) is 0.698. The molecule has 1 aliphatic carbocycles. The van der Waals surface area contributed by atoms with Crippen molar-refractivity contribution in [1.29, 1.82) is 0 Å². The SMILES string of the molecule is Cn1ncc(Cl)c1C(=O)N1CCCC2(CCc3cnc(-c4ccccc4)nc32)C1. The number of benzene rings is 1. The molecular weight excluding hydrogens is 386 g/mol. The second kappa shape index (κ2) is 6.95. The highest BCUT2D eigenvalue weighted by Gasteiger charge is 2.45. The van der Waals surface area contributed by atoms with Crippen molar-refractivity contribution in [3.05, 3.63) is 64.7 Å². The van der Waals surface area contributed by atoms with E-state index < -0.39 is 0 Å². The molecule has 2 aliphatic rings. The lowest BCUT2D eigenvalue weighted by Gasteiger charge is -2.40. The van der Waals surface area contributed by atoms with E-state index in [2.05, 4.69) is 10.1 Å². The molecule has 1 spiro atoms. The van der Waals surface area contributed by atoms with Gasteiger partial charge in [0.25, 0.3) is 5.91 Å². The number of aryl methyl sites for hydroxylation is 2. The van der Waals surface area contributed by atoms with Crippen LogP contribution < -0.4 is 0 Å². The third kappa shape index (κ3) is 3.02. The van der Waals surface area contributed by atoms with E-state index in [1.165, 1.54) is 11.8 Å². The average Bonchev–Trinajstić information content (AvgIpc) is 3.27. The van der Waals surface area contributed by atoms with Crippen LogP contribution in [0.4, 0.5) is 0 Å². The van der Waals surface area contributed by atoms with Gasteiger partial charge in [0, 0.05) is 37.3 Å². The maximum absolute atomic E-state index is 13.2. The normalized spacial score (nSPS) is 20.8. The largest absolute Gasteiger partial charge is 0.336 e. The van der Waals surface area contributed by atoms with E-state index in [4.69, 9.17) is 16.6 Å². The molecule has 1 aromatic carbocycles. The number of nitrogens with zero attached hydrogens (tertiary/aromatic N) is 5. The predicted octanol–water partition coefficient (Wildman–Crippen LogP) is 3.65. The van der Waals surface area contributed by atoms with Crippen molar-refractivity contribution in [2.75, 3.05) is 13.1 Å². The standard InChI is InChI=1S/C22H22ClN5O/c1-27-18(17(23)13-25-27)21(29)28-11-5-9-22(14-28)10-8-16-12-24-20(26-19(16)22)15-6-3-2-4-7-15/h2-4,6-7,12-13H,5,8-11,14H2,1H3. The lowest BCUT2D eigenvalue weighted by Crippen LogP contribution is -2.48. The molecule has 29 heavy (non-hydrogen) atoms. The number of hydrogen-bond donors (Lipinski definition) is 0. The lowest BCUT2D eigenvalue weighted by atomic mass is 9.77. The molecule has 148 valence electrons. The Morgan fingerprint density at radius 3 is 2.76 bits per heavy atom. The van der Waals surface area contributed by atoms with Gasteiger partial charge in [-0.2, -0.15) is 5.10 Å². The Bertz CT molecular complexity index is 1060. The first-order chi connectivity index (χ1) is 14.1. The molecule has 1 aliphatic heterocycles. The number of amides is 1. The zero-order valence-electron chi connectivity index (χ0n) is 16.3. The van der Waals surface area contributed by atoms with Crippen LogP contribution in [0.2, 0.25) is 5.02 Å². The molecule has 0 bridgehead atoms. The van der Waals surface area contributed by atoms with Crippen molar-refractivity contribution in [3.8, 4) is 11.4 Å². The molecule has 0 radical (unpaired) electrons. The van der Waals surface area contributed by atoms with Crippen LogP contribution in [-0.4, -0.2) is 43.6 Å². The lowest BCUT2D eigenvalue weighted by molar-refractivity contribution is 0.0622. The molecule has 3 heterocycles. The number of halogens is 1. The van der Waals surface area contributed by atoms with Gasteiger partial charge < -0.3 is 4.90 Å². The fourth-order valence-corrected chi connectivity index (χ4v) is 5.02. The Morgan fingerprint density at radius 1 is 1.17 bits per heavy atom. The Labute approximate surface area is 174 Å². The highest BCUT2D eigenvalue weighted by atomic mass is 35.5. The maximum atomic E-state index is 13.2. The van der Waals surface area contributed by atoms with Gasteiger partial charge in [-0.05, 0) is 31.2 Å². The predicted molar refractivity (Wildman–Crippen MR) is 111 cm³/mol. The van der Waals surface area contributed by atoms with Crippen molar-refractivity contribution in [1.82, 2.24) is 24.6 Å². The van der Waals surface area contributed by atoms with Crippen molar-refractivity contribution < 1.29 is 4.79 Å². The molecule has 0 saturated carbocycles. The van der Waals surface area contributed by atoms with Crippen LogP contribution in [0.1, 0.15) is 41.0 Å². The van der Waals surface area contributed by atoms with Crippen LogP contribution >= 0.6 is 11.6 Å². The summed E-state index contributed by atoms with van der Waals surface area (Å²) in [5, 5.41) is 4.52. The van der Waals surface area contributed by atoms with Gasteiger partial charge in [0.1, 0.15) is 5.69 Å². The van der Waals surface area contributed by atoms with Crippen LogP contribution in [-0.2, 0) is 18.9 Å². The maximum Gasteiger partial charge on any atom is 0.273 e. The van der Waals surface area contributed by atoms with Gasteiger partial charge >= 0.3 is 0 Å². The molecule has 3 aromatic rings. The van der Waals surface area contributed by atoms with E-state index in [0.717, 1.165) is 49.3 Å². The van der Waals surface area contributed by atoms with Gasteiger partial charge in [-0.1, -0.05) is 41.9 Å². The fourth-order valence-electron chi connectivity index (χ4n) is 4.77. The summed E-state index contributed by atoms with van der Waals surface area (Å²) in [6.45, 7) is 1.39. The number of carbonyl (C=O) groups excluding carboxylic acids is 1. The monoisotopic (exact) mass is 407 g/mol. The third-order valence-electron chi connectivity index (χ3n) is 6.23. The summed E-state index contributed by atoms with van der Waals surface area (Å²) < 4.78 is 1.56. The Morgan fingerprint density at radius 2 is 2.00 bits per heavy atom. The van der Waals surface area contributed by atoms with Gasteiger partial charge in [0.2, 0.25) is 0 Å². The first-order valence-electron chi connectivity index (χ1n) is 9.96. The third-order valence-corrected chi connectivity index (χ3v) is 6.51. The quantitative estimate of drug-likeness (QED) is 0.650. The summed E-state index contributed by atoms with van der Waals surface area (Å²) in [5.41, 5.74) is 3.68. The highest BCUT2D eigenvalue weighted by molar-refractivity contribution is 6.33. The zero-order chi connectivity index (χ0) is 20.0. The minimum Gasteiger partial charge on any atom is -0.336 e. The van der Waals surface area contributed by atoms with Crippen LogP contribution in [0.5, 0.6) is 0 Å². The minimum atomic E-state index is -0.110. The van der Waals surface area contributed by atoms with E-state index in [1.54, 1.807) is 11.7 Å². The topological polar surface area (TPSA) is 63.9 Å². The molecular formula is C22H22ClN5O. The van der Waals surface area contributed by atoms with Gasteiger partial charge in [-0.15, -0.1) is 0 Å². The van der Waals surface area contributed by atoms with Crippen molar-refractivity contribution in [2.45, 2.75) is 31.1 Å². The molecule has 7 heteroatoms. The van der Waals surface area contributed by atoms with E-state index in [-0.39, 0.29) is 11.3 Å². The smallest absolute Gasteiger partial charge is 0.273 e. The molecule has 2 aromatic heterocycles. The highest BCUT2D eigenvalue weighted by Crippen LogP contribution is 2.44. The van der Waals surface area contributed by atoms with E-state index in [9.17, 15) is 4.79 Å². The Hall–Kier alpha value is -2.73. The number of carbonyl (C=O) groups is 1. The van der Waals surface area contributed by atoms with Crippen LogP contribution in [0, 0.1) is 0 Å². The molecule has 1 unspecified atom stereocenters. The summed E-state index contributed by atoms with van der Waals surface area (Å²) in [6.07, 6.45) is 7.44. The first-order valence-corrected chi connectivity index (χ1v) is 10.3. The van der Waals surface area contributed by atoms with Gasteiger partial charge in [-0.25, -0.2) is 9.97 Å². The number of likely N-dealkylation sites (tertiary alicyclic amines) is 1.